The lowest BCUT2D eigenvalue weighted by Gasteiger charge is -1.98. The Kier molecular flexibility index (Phi) is 16.8. The third-order valence-corrected chi connectivity index (χ3v) is 4.04. The molecular formula is C23H34O4S. The average molecular weight is 407 g/mol. The van der Waals surface area contributed by atoms with E-state index in [9.17, 15) is 13.2 Å². The molecule has 0 saturated carbocycles. The SMILES string of the molecule is CCCCCCCCCC=CC=CC=CC=CC=CC=CC(=O)OS(C)(=O)=O. The molecule has 0 rings (SSSR count). The molecule has 0 aromatic heterocycles. The van der Waals surface area contributed by atoms with E-state index < -0.39 is 16.1 Å². The van der Waals surface area contributed by atoms with Gasteiger partial charge in [0.2, 0.25) is 0 Å². The molecule has 0 aliphatic heterocycles. The summed E-state index contributed by atoms with van der Waals surface area (Å²) in [4.78, 5) is 11.1. The number of allylic oxidation sites excluding steroid dienone is 11. The Morgan fingerprint density at radius 1 is 0.714 bits per heavy atom. The molecule has 0 heterocycles. The molecule has 0 spiro atoms. The van der Waals surface area contributed by atoms with Gasteiger partial charge in [-0.3, -0.25) is 0 Å². The van der Waals surface area contributed by atoms with Crippen LogP contribution < -0.4 is 0 Å². The number of unbranched alkanes of at least 4 members (excludes halogenated alkanes) is 7. The van der Waals surface area contributed by atoms with Crippen LogP contribution in [0.25, 0.3) is 0 Å². The van der Waals surface area contributed by atoms with E-state index >= 15 is 0 Å². The molecule has 4 nitrogen and oxygen atoms in total. The summed E-state index contributed by atoms with van der Waals surface area (Å²) in [5.74, 6) is -0.916. The van der Waals surface area contributed by atoms with Gasteiger partial charge >= 0.3 is 16.1 Å². The smallest absolute Gasteiger partial charge is 0.342 e. The van der Waals surface area contributed by atoms with E-state index in [1.54, 1.807) is 18.2 Å². The molecule has 0 N–H and O–H groups in total. The van der Waals surface area contributed by atoms with E-state index in [4.69, 9.17) is 0 Å². The summed E-state index contributed by atoms with van der Waals surface area (Å²) >= 11 is 0. The molecule has 0 saturated heterocycles. The van der Waals surface area contributed by atoms with Crippen molar-refractivity contribution in [3.05, 3.63) is 72.9 Å². The Morgan fingerprint density at radius 2 is 1.18 bits per heavy atom. The van der Waals surface area contributed by atoms with Gasteiger partial charge in [-0.1, -0.05) is 112 Å². The Labute approximate surface area is 171 Å². The second-order valence-corrected chi connectivity index (χ2v) is 7.92. The van der Waals surface area contributed by atoms with Crippen LogP contribution >= 0.6 is 0 Å². The van der Waals surface area contributed by atoms with Crippen molar-refractivity contribution in [1.82, 2.24) is 0 Å². The van der Waals surface area contributed by atoms with Crippen molar-refractivity contribution in [1.29, 1.82) is 0 Å². The molecule has 156 valence electrons. The van der Waals surface area contributed by atoms with Crippen LogP contribution in [0.5, 0.6) is 0 Å². The minimum absolute atomic E-state index is 0.824. The van der Waals surface area contributed by atoms with Crippen LogP contribution in [0.4, 0.5) is 0 Å². The zero-order valence-electron chi connectivity index (χ0n) is 17.1. The number of hydrogen-bond donors (Lipinski definition) is 0. The van der Waals surface area contributed by atoms with E-state index in [1.165, 1.54) is 51.0 Å². The van der Waals surface area contributed by atoms with Crippen molar-refractivity contribution >= 4 is 16.1 Å². The van der Waals surface area contributed by atoms with Gasteiger partial charge in [0, 0.05) is 6.08 Å². The van der Waals surface area contributed by atoms with Crippen LogP contribution in [0.2, 0.25) is 0 Å². The van der Waals surface area contributed by atoms with Gasteiger partial charge in [-0.05, 0) is 12.8 Å². The topological polar surface area (TPSA) is 60.4 Å². The maximum atomic E-state index is 11.1. The first-order valence-corrected chi connectivity index (χ1v) is 11.7. The van der Waals surface area contributed by atoms with E-state index in [-0.39, 0.29) is 0 Å². The van der Waals surface area contributed by atoms with Gasteiger partial charge < -0.3 is 4.18 Å². The van der Waals surface area contributed by atoms with Crippen LogP contribution in [0, 0.1) is 0 Å². The molecule has 0 aromatic carbocycles. The predicted molar refractivity (Wildman–Crippen MR) is 118 cm³/mol. The molecule has 0 bridgehead atoms. The fraction of sp³-hybridized carbons (Fsp3) is 0.435. The van der Waals surface area contributed by atoms with Crippen LogP contribution in [-0.2, 0) is 19.1 Å². The molecule has 0 atom stereocenters. The average Bonchev–Trinajstić information content (AvgIpc) is 2.62. The van der Waals surface area contributed by atoms with Gasteiger partial charge in [-0.15, -0.1) is 0 Å². The van der Waals surface area contributed by atoms with E-state index in [2.05, 4.69) is 23.3 Å². The third-order valence-electron chi connectivity index (χ3n) is 3.58. The Bertz CT molecular complexity index is 677. The summed E-state index contributed by atoms with van der Waals surface area (Å²) in [5, 5.41) is 0. The first kappa shape index (κ1) is 25.9. The van der Waals surface area contributed by atoms with Gasteiger partial charge in [0.05, 0.1) is 6.26 Å². The van der Waals surface area contributed by atoms with E-state index in [1.807, 2.05) is 30.4 Å². The Hall–Kier alpha value is -2.14. The minimum Gasteiger partial charge on any atom is -0.342 e. The fourth-order valence-electron chi connectivity index (χ4n) is 2.22. The summed E-state index contributed by atoms with van der Waals surface area (Å²) < 4.78 is 25.6. The second-order valence-electron chi connectivity index (χ2n) is 6.34. The highest BCUT2D eigenvalue weighted by molar-refractivity contribution is 7.86. The maximum Gasteiger partial charge on any atom is 0.346 e. The lowest BCUT2D eigenvalue weighted by molar-refractivity contribution is -0.128. The normalized spacial score (nSPS) is 13.4. The maximum absolute atomic E-state index is 11.1. The minimum atomic E-state index is -3.76. The van der Waals surface area contributed by atoms with Gasteiger partial charge in [0.25, 0.3) is 0 Å². The molecule has 0 aromatic rings. The zero-order chi connectivity index (χ0) is 20.9. The van der Waals surface area contributed by atoms with Crippen molar-refractivity contribution < 1.29 is 17.4 Å². The number of carbonyl (C=O) groups is 1. The summed E-state index contributed by atoms with van der Waals surface area (Å²) in [6.07, 6.45) is 32.9. The second kappa shape index (κ2) is 18.2. The van der Waals surface area contributed by atoms with Crippen molar-refractivity contribution in [2.75, 3.05) is 6.26 Å². The summed E-state index contributed by atoms with van der Waals surface area (Å²) in [7, 11) is -3.76. The first-order chi connectivity index (χ1) is 13.5. The molecule has 28 heavy (non-hydrogen) atoms. The molecule has 0 unspecified atom stereocenters. The van der Waals surface area contributed by atoms with Crippen LogP contribution in [-0.4, -0.2) is 20.6 Å². The fourth-order valence-corrected chi connectivity index (χ4v) is 2.57. The van der Waals surface area contributed by atoms with Crippen molar-refractivity contribution in [2.24, 2.45) is 0 Å². The molecule has 0 radical (unpaired) electrons. The highest BCUT2D eigenvalue weighted by atomic mass is 32.2. The number of hydrogen-bond acceptors (Lipinski definition) is 4. The van der Waals surface area contributed by atoms with Crippen molar-refractivity contribution in [2.45, 2.75) is 58.3 Å². The largest absolute Gasteiger partial charge is 0.346 e. The quantitative estimate of drug-likeness (QED) is 0.145. The zero-order valence-corrected chi connectivity index (χ0v) is 17.9. The van der Waals surface area contributed by atoms with E-state index in [0.29, 0.717) is 0 Å². The third kappa shape index (κ3) is 21.9. The summed E-state index contributed by atoms with van der Waals surface area (Å²) in [6.45, 7) is 2.24. The standard InChI is InChI=1S/C23H34O4S/c1-3-4-5-6-7-8-9-10-11-12-13-14-15-16-17-18-19-20-21-22-23(24)27-28(2,25)26/h11-22H,3-10H2,1-2H3. The molecule has 0 amide bonds. The number of rotatable bonds is 15. The van der Waals surface area contributed by atoms with Crippen LogP contribution in [0.1, 0.15) is 58.3 Å². The van der Waals surface area contributed by atoms with Gasteiger partial charge in [0.15, 0.2) is 0 Å². The Morgan fingerprint density at radius 3 is 1.71 bits per heavy atom. The van der Waals surface area contributed by atoms with Gasteiger partial charge in [0.1, 0.15) is 0 Å². The summed E-state index contributed by atoms with van der Waals surface area (Å²) in [5.41, 5.74) is 0. The highest BCUT2D eigenvalue weighted by Crippen LogP contribution is 2.08. The Balaban J connectivity index is 3.77. The highest BCUT2D eigenvalue weighted by Gasteiger charge is 2.05. The molecule has 5 heteroatoms. The van der Waals surface area contributed by atoms with Gasteiger partial charge in [-0.2, -0.15) is 8.42 Å². The lowest BCUT2D eigenvalue weighted by atomic mass is 10.1. The van der Waals surface area contributed by atoms with E-state index in [0.717, 1.165) is 18.8 Å². The number of carbonyl (C=O) groups excluding carboxylic acids is 1. The van der Waals surface area contributed by atoms with Crippen LogP contribution in [0.3, 0.4) is 0 Å². The van der Waals surface area contributed by atoms with Crippen LogP contribution in [0.15, 0.2) is 72.9 Å². The van der Waals surface area contributed by atoms with Crippen molar-refractivity contribution in [3.8, 4) is 0 Å². The summed E-state index contributed by atoms with van der Waals surface area (Å²) in [6, 6.07) is 0. The molecule has 0 aliphatic rings. The van der Waals surface area contributed by atoms with Crippen molar-refractivity contribution in [3.63, 3.8) is 0 Å². The van der Waals surface area contributed by atoms with Gasteiger partial charge in [-0.25, -0.2) is 4.79 Å². The molecule has 0 aliphatic carbocycles. The molecule has 0 fully saturated rings. The predicted octanol–water partition coefficient (Wildman–Crippen LogP) is 5.97. The monoisotopic (exact) mass is 406 g/mol. The first-order valence-electron chi connectivity index (χ1n) is 9.89. The lowest BCUT2D eigenvalue weighted by Crippen LogP contribution is -2.08. The molecular weight excluding hydrogens is 372 g/mol.